The third-order valence-electron chi connectivity index (χ3n) is 3.71. The number of hydrogen-bond donors (Lipinski definition) is 1. The molecule has 21 heavy (non-hydrogen) atoms. The molecule has 0 bridgehead atoms. The fourth-order valence-electron chi connectivity index (χ4n) is 2.70. The van der Waals surface area contributed by atoms with Gasteiger partial charge in [0.1, 0.15) is 0 Å². The predicted molar refractivity (Wildman–Crippen MR) is 91.6 cm³/mol. The lowest BCUT2D eigenvalue weighted by Gasteiger charge is -2.21. The molecular formula is C20H23N. The molecule has 1 nitrogen and oxygen atoms in total. The number of nitrogens with one attached hydrogen (secondary N) is 1. The van der Waals surface area contributed by atoms with Crippen molar-refractivity contribution < 1.29 is 0 Å². The standard InChI is InChI=1S/C20H23N/c1-4-9-18-14-16(3)12-13-19(18)20(15-21-5-2)17-10-7-6-8-11-17/h4-8,10-14,20-21H,1-2,9,15H2,3H3. The monoisotopic (exact) mass is 277 g/mol. The summed E-state index contributed by atoms with van der Waals surface area (Å²) in [6.45, 7) is 10.6. The van der Waals surface area contributed by atoms with Gasteiger partial charge in [0.25, 0.3) is 0 Å². The minimum Gasteiger partial charge on any atom is -0.390 e. The second kappa shape index (κ2) is 7.49. The van der Waals surface area contributed by atoms with Crippen molar-refractivity contribution in [1.82, 2.24) is 5.32 Å². The summed E-state index contributed by atoms with van der Waals surface area (Å²) in [7, 11) is 0. The molecule has 2 rings (SSSR count). The topological polar surface area (TPSA) is 12.0 Å². The van der Waals surface area contributed by atoms with E-state index in [9.17, 15) is 0 Å². The predicted octanol–water partition coefficient (Wildman–Crippen LogP) is 4.59. The molecule has 1 N–H and O–H groups in total. The molecule has 0 aliphatic heterocycles. The lowest BCUT2D eigenvalue weighted by Crippen LogP contribution is -2.18. The van der Waals surface area contributed by atoms with Crippen molar-refractivity contribution in [2.45, 2.75) is 19.3 Å². The Balaban J connectivity index is 2.45. The second-order valence-corrected chi connectivity index (χ2v) is 5.27. The third kappa shape index (κ3) is 3.85. The van der Waals surface area contributed by atoms with Crippen LogP contribution >= 0.6 is 0 Å². The van der Waals surface area contributed by atoms with Gasteiger partial charge in [0.05, 0.1) is 0 Å². The number of allylic oxidation sites excluding steroid dienone is 1. The molecular weight excluding hydrogens is 254 g/mol. The molecule has 1 unspecified atom stereocenters. The quantitative estimate of drug-likeness (QED) is 0.730. The van der Waals surface area contributed by atoms with Gasteiger partial charge in [0.15, 0.2) is 0 Å². The molecule has 1 atom stereocenters. The fraction of sp³-hybridized carbons (Fsp3) is 0.200. The van der Waals surface area contributed by atoms with E-state index in [1.807, 2.05) is 6.08 Å². The van der Waals surface area contributed by atoms with Crippen LogP contribution in [0.25, 0.3) is 0 Å². The van der Waals surface area contributed by atoms with Gasteiger partial charge in [0, 0.05) is 12.5 Å². The minimum atomic E-state index is 0.319. The van der Waals surface area contributed by atoms with Gasteiger partial charge in [-0.2, -0.15) is 0 Å². The Morgan fingerprint density at radius 2 is 1.86 bits per heavy atom. The van der Waals surface area contributed by atoms with Crippen LogP contribution in [0.5, 0.6) is 0 Å². The van der Waals surface area contributed by atoms with E-state index in [1.165, 1.54) is 22.3 Å². The highest BCUT2D eigenvalue weighted by molar-refractivity contribution is 5.41. The van der Waals surface area contributed by atoms with Crippen molar-refractivity contribution in [2.24, 2.45) is 0 Å². The molecule has 0 radical (unpaired) electrons. The molecule has 0 aliphatic carbocycles. The maximum Gasteiger partial charge on any atom is 0.0265 e. The molecule has 0 amide bonds. The van der Waals surface area contributed by atoms with Crippen LogP contribution in [0.15, 0.2) is 74.0 Å². The molecule has 1 heteroatoms. The average Bonchev–Trinajstić information content (AvgIpc) is 2.51. The van der Waals surface area contributed by atoms with E-state index in [-0.39, 0.29) is 0 Å². The zero-order chi connectivity index (χ0) is 15.1. The van der Waals surface area contributed by atoms with E-state index in [1.54, 1.807) is 6.20 Å². The molecule has 108 valence electrons. The summed E-state index contributed by atoms with van der Waals surface area (Å²) >= 11 is 0. The van der Waals surface area contributed by atoms with E-state index in [4.69, 9.17) is 0 Å². The van der Waals surface area contributed by atoms with E-state index >= 15 is 0 Å². The number of hydrogen-bond acceptors (Lipinski definition) is 1. The highest BCUT2D eigenvalue weighted by atomic mass is 14.8. The number of aryl methyl sites for hydroxylation is 1. The highest BCUT2D eigenvalue weighted by Gasteiger charge is 2.16. The van der Waals surface area contributed by atoms with Crippen molar-refractivity contribution in [1.29, 1.82) is 0 Å². The maximum atomic E-state index is 3.89. The van der Waals surface area contributed by atoms with Crippen LogP contribution in [0.4, 0.5) is 0 Å². The molecule has 0 heterocycles. The summed E-state index contributed by atoms with van der Waals surface area (Å²) in [5.74, 6) is 0.319. The van der Waals surface area contributed by atoms with Crippen molar-refractivity contribution in [3.63, 3.8) is 0 Å². The molecule has 0 aromatic heterocycles. The molecule has 0 aliphatic rings. The van der Waals surface area contributed by atoms with Crippen LogP contribution in [0.3, 0.4) is 0 Å². The normalized spacial score (nSPS) is 11.7. The fourth-order valence-corrected chi connectivity index (χ4v) is 2.70. The van der Waals surface area contributed by atoms with Crippen molar-refractivity contribution in [2.75, 3.05) is 6.54 Å². The largest absolute Gasteiger partial charge is 0.390 e. The lowest BCUT2D eigenvalue weighted by molar-refractivity contribution is 0.729. The Kier molecular flexibility index (Phi) is 5.39. The SMILES string of the molecule is C=CCc1cc(C)ccc1C(CNC=C)c1ccccc1. The Labute approximate surface area is 128 Å². The Morgan fingerprint density at radius 1 is 1.10 bits per heavy atom. The Morgan fingerprint density at radius 3 is 2.52 bits per heavy atom. The van der Waals surface area contributed by atoms with Gasteiger partial charge in [-0.15, -0.1) is 6.58 Å². The van der Waals surface area contributed by atoms with E-state index in [2.05, 4.69) is 73.9 Å². The van der Waals surface area contributed by atoms with Gasteiger partial charge in [0.2, 0.25) is 0 Å². The third-order valence-corrected chi connectivity index (χ3v) is 3.71. The smallest absolute Gasteiger partial charge is 0.0265 e. The number of rotatable bonds is 7. The first-order valence-electron chi connectivity index (χ1n) is 7.35. The van der Waals surface area contributed by atoms with Crippen LogP contribution < -0.4 is 5.32 Å². The zero-order valence-electron chi connectivity index (χ0n) is 12.7. The second-order valence-electron chi connectivity index (χ2n) is 5.27. The molecule has 0 fully saturated rings. The zero-order valence-corrected chi connectivity index (χ0v) is 12.7. The van der Waals surface area contributed by atoms with Crippen molar-refractivity contribution in [3.05, 3.63) is 96.2 Å². The molecule has 0 saturated heterocycles. The first kappa shape index (κ1) is 15.1. The van der Waals surface area contributed by atoms with Crippen molar-refractivity contribution >= 4 is 0 Å². The summed E-state index contributed by atoms with van der Waals surface area (Å²) in [4.78, 5) is 0. The van der Waals surface area contributed by atoms with Gasteiger partial charge < -0.3 is 5.32 Å². The summed E-state index contributed by atoms with van der Waals surface area (Å²) in [6.07, 6.45) is 4.63. The maximum absolute atomic E-state index is 3.89. The summed E-state index contributed by atoms with van der Waals surface area (Å²) in [5, 5.41) is 3.27. The van der Waals surface area contributed by atoms with E-state index in [0.717, 1.165) is 13.0 Å². The average molecular weight is 277 g/mol. The molecule has 2 aromatic rings. The summed E-state index contributed by atoms with van der Waals surface area (Å²) < 4.78 is 0. The first-order valence-corrected chi connectivity index (χ1v) is 7.35. The van der Waals surface area contributed by atoms with Crippen LogP contribution in [0, 0.1) is 6.92 Å². The van der Waals surface area contributed by atoms with Gasteiger partial charge >= 0.3 is 0 Å². The number of benzene rings is 2. The summed E-state index contributed by atoms with van der Waals surface area (Å²) in [5.41, 5.74) is 5.32. The molecule has 0 saturated carbocycles. The highest BCUT2D eigenvalue weighted by Crippen LogP contribution is 2.28. The molecule has 0 spiro atoms. The molecule has 2 aromatic carbocycles. The van der Waals surface area contributed by atoms with E-state index < -0.39 is 0 Å². The first-order chi connectivity index (χ1) is 10.3. The van der Waals surface area contributed by atoms with Crippen LogP contribution in [-0.2, 0) is 6.42 Å². The van der Waals surface area contributed by atoms with Crippen molar-refractivity contribution in [3.8, 4) is 0 Å². The Hall–Kier alpha value is -2.28. The van der Waals surface area contributed by atoms with Gasteiger partial charge in [-0.3, -0.25) is 0 Å². The van der Waals surface area contributed by atoms with Gasteiger partial charge in [-0.05, 0) is 36.2 Å². The van der Waals surface area contributed by atoms with Crippen LogP contribution in [0.1, 0.15) is 28.2 Å². The summed E-state index contributed by atoms with van der Waals surface area (Å²) in [6, 6.07) is 17.3. The van der Waals surface area contributed by atoms with Crippen LogP contribution in [-0.4, -0.2) is 6.54 Å². The van der Waals surface area contributed by atoms with E-state index in [0.29, 0.717) is 5.92 Å². The lowest BCUT2D eigenvalue weighted by atomic mass is 9.86. The van der Waals surface area contributed by atoms with Crippen LogP contribution in [0.2, 0.25) is 0 Å². The van der Waals surface area contributed by atoms with Gasteiger partial charge in [-0.1, -0.05) is 66.7 Å². The minimum absolute atomic E-state index is 0.319. The Bertz CT molecular complexity index is 598. The van der Waals surface area contributed by atoms with Gasteiger partial charge in [-0.25, -0.2) is 0 Å².